The molecule has 0 unspecified atom stereocenters. The lowest BCUT2D eigenvalue weighted by Gasteiger charge is -2.09. The second-order valence-corrected chi connectivity index (χ2v) is 7.28. The van der Waals surface area contributed by atoms with E-state index in [4.69, 9.17) is 4.74 Å². The summed E-state index contributed by atoms with van der Waals surface area (Å²) in [6, 6.07) is 9.55. The van der Waals surface area contributed by atoms with Crippen molar-refractivity contribution < 1.29 is 9.53 Å². The van der Waals surface area contributed by atoms with Crippen LogP contribution in [0, 0.1) is 5.92 Å². The molecule has 1 amide bonds. The molecule has 3 rings (SSSR count). The molecule has 0 radical (unpaired) electrons. The summed E-state index contributed by atoms with van der Waals surface area (Å²) >= 11 is 1.67. The lowest BCUT2D eigenvalue weighted by molar-refractivity contribution is 0.0950. The SMILES string of the molecule is CC(C)COc1ccc(C(=O)NCc2cncc(-c3cccs3)c2)cn1. The first kappa shape index (κ1) is 18.1. The highest BCUT2D eigenvalue weighted by molar-refractivity contribution is 7.13. The largest absolute Gasteiger partial charge is 0.477 e. The van der Waals surface area contributed by atoms with Crippen molar-refractivity contribution in [1.29, 1.82) is 0 Å². The Morgan fingerprint density at radius 3 is 2.81 bits per heavy atom. The summed E-state index contributed by atoms with van der Waals surface area (Å²) in [7, 11) is 0. The topological polar surface area (TPSA) is 64.1 Å². The average molecular weight is 367 g/mol. The highest BCUT2D eigenvalue weighted by atomic mass is 32.1. The van der Waals surface area contributed by atoms with Crippen molar-refractivity contribution in [3.63, 3.8) is 0 Å². The molecule has 134 valence electrons. The number of rotatable bonds is 7. The van der Waals surface area contributed by atoms with Crippen LogP contribution in [0.4, 0.5) is 0 Å². The van der Waals surface area contributed by atoms with Crippen molar-refractivity contribution >= 4 is 17.2 Å². The van der Waals surface area contributed by atoms with Crippen LogP contribution in [0.3, 0.4) is 0 Å². The highest BCUT2D eigenvalue weighted by Crippen LogP contribution is 2.24. The van der Waals surface area contributed by atoms with Gasteiger partial charge < -0.3 is 10.1 Å². The Kier molecular flexibility index (Phi) is 5.96. The van der Waals surface area contributed by atoms with E-state index in [0.29, 0.717) is 30.5 Å². The Morgan fingerprint density at radius 2 is 2.12 bits per heavy atom. The molecule has 3 aromatic rings. The second kappa shape index (κ2) is 8.58. The molecule has 3 aromatic heterocycles. The van der Waals surface area contributed by atoms with Gasteiger partial charge in [0.1, 0.15) is 0 Å². The van der Waals surface area contributed by atoms with E-state index in [-0.39, 0.29) is 5.91 Å². The standard InChI is InChI=1S/C20H21N3O2S/c1-14(2)13-25-19-6-5-16(12-22-19)20(24)23-10-15-8-17(11-21-9-15)18-4-3-7-26-18/h3-9,11-12,14H,10,13H2,1-2H3,(H,23,24). The maximum absolute atomic E-state index is 12.3. The number of nitrogens with one attached hydrogen (secondary N) is 1. The summed E-state index contributed by atoms with van der Waals surface area (Å²) in [5.74, 6) is 0.788. The van der Waals surface area contributed by atoms with Gasteiger partial charge in [-0.15, -0.1) is 11.3 Å². The van der Waals surface area contributed by atoms with Crippen LogP contribution >= 0.6 is 11.3 Å². The molecule has 6 heteroatoms. The molecule has 0 fully saturated rings. The van der Waals surface area contributed by atoms with Crippen molar-refractivity contribution in [3.8, 4) is 16.3 Å². The van der Waals surface area contributed by atoms with Crippen molar-refractivity contribution in [3.05, 3.63) is 65.4 Å². The van der Waals surface area contributed by atoms with Crippen molar-refractivity contribution in [1.82, 2.24) is 15.3 Å². The third-order valence-electron chi connectivity index (χ3n) is 3.62. The summed E-state index contributed by atoms with van der Waals surface area (Å²) in [6.45, 7) is 5.16. The molecule has 5 nitrogen and oxygen atoms in total. The number of carbonyl (C=O) groups excluding carboxylic acids is 1. The third-order valence-corrected chi connectivity index (χ3v) is 4.54. The quantitative estimate of drug-likeness (QED) is 0.681. The summed E-state index contributed by atoms with van der Waals surface area (Å²) in [4.78, 5) is 21.9. The molecular formula is C20H21N3O2S. The molecule has 26 heavy (non-hydrogen) atoms. The Labute approximate surface area is 157 Å². The van der Waals surface area contributed by atoms with Gasteiger partial charge in [0.25, 0.3) is 5.91 Å². The van der Waals surface area contributed by atoms with E-state index in [0.717, 1.165) is 16.0 Å². The molecular weight excluding hydrogens is 346 g/mol. The van der Waals surface area contributed by atoms with E-state index in [1.807, 2.05) is 23.7 Å². The van der Waals surface area contributed by atoms with Crippen LogP contribution in [0.25, 0.3) is 10.4 Å². The van der Waals surface area contributed by atoms with Crippen LogP contribution in [0.5, 0.6) is 5.88 Å². The third kappa shape index (κ3) is 4.89. The summed E-state index contributed by atoms with van der Waals surface area (Å²) in [5, 5.41) is 4.93. The smallest absolute Gasteiger partial charge is 0.253 e. The van der Waals surface area contributed by atoms with Crippen LogP contribution in [-0.4, -0.2) is 22.5 Å². The zero-order chi connectivity index (χ0) is 18.4. The van der Waals surface area contributed by atoms with Crippen molar-refractivity contribution in [2.75, 3.05) is 6.61 Å². The van der Waals surface area contributed by atoms with Gasteiger partial charge in [-0.1, -0.05) is 19.9 Å². The minimum absolute atomic E-state index is 0.172. The van der Waals surface area contributed by atoms with Gasteiger partial charge in [0.2, 0.25) is 5.88 Å². The van der Waals surface area contributed by atoms with Gasteiger partial charge in [0.15, 0.2) is 0 Å². The van der Waals surface area contributed by atoms with E-state index in [1.165, 1.54) is 6.20 Å². The van der Waals surface area contributed by atoms with Gasteiger partial charge in [0, 0.05) is 41.6 Å². The van der Waals surface area contributed by atoms with Gasteiger partial charge in [-0.2, -0.15) is 0 Å². The molecule has 0 saturated carbocycles. The molecule has 0 aliphatic carbocycles. The molecule has 0 atom stereocenters. The first-order valence-electron chi connectivity index (χ1n) is 8.46. The summed E-state index contributed by atoms with van der Waals surface area (Å²) < 4.78 is 5.53. The fourth-order valence-corrected chi connectivity index (χ4v) is 3.01. The molecule has 0 aliphatic rings. The van der Waals surface area contributed by atoms with Crippen LogP contribution in [0.1, 0.15) is 29.8 Å². The van der Waals surface area contributed by atoms with Crippen LogP contribution in [-0.2, 0) is 6.54 Å². The van der Waals surface area contributed by atoms with Crippen LogP contribution in [0.2, 0.25) is 0 Å². The van der Waals surface area contributed by atoms with E-state index < -0.39 is 0 Å². The van der Waals surface area contributed by atoms with Gasteiger partial charge in [-0.05, 0) is 35.1 Å². The summed E-state index contributed by atoms with van der Waals surface area (Å²) in [5.41, 5.74) is 2.51. The number of aromatic nitrogens is 2. The number of carbonyl (C=O) groups is 1. The van der Waals surface area contributed by atoms with E-state index >= 15 is 0 Å². The van der Waals surface area contributed by atoms with Crippen molar-refractivity contribution in [2.24, 2.45) is 5.92 Å². The monoisotopic (exact) mass is 367 g/mol. The number of pyridine rings is 2. The minimum Gasteiger partial charge on any atom is -0.477 e. The van der Waals surface area contributed by atoms with Crippen molar-refractivity contribution in [2.45, 2.75) is 20.4 Å². The Bertz CT molecular complexity index is 846. The molecule has 0 saturated heterocycles. The number of thiophene rings is 1. The van der Waals surface area contributed by atoms with Gasteiger partial charge in [-0.3, -0.25) is 9.78 Å². The Balaban J connectivity index is 1.58. The predicted octanol–water partition coefficient (Wildman–Crippen LogP) is 4.17. The zero-order valence-corrected chi connectivity index (χ0v) is 15.6. The maximum atomic E-state index is 12.3. The number of ether oxygens (including phenoxy) is 1. The molecule has 3 heterocycles. The minimum atomic E-state index is -0.172. The van der Waals surface area contributed by atoms with E-state index in [2.05, 4.69) is 35.2 Å². The molecule has 0 spiro atoms. The number of nitrogens with zero attached hydrogens (tertiary/aromatic N) is 2. The Morgan fingerprint density at radius 1 is 1.23 bits per heavy atom. The van der Waals surface area contributed by atoms with Crippen LogP contribution < -0.4 is 10.1 Å². The van der Waals surface area contributed by atoms with Gasteiger partial charge >= 0.3 is 0 Å². The first-order valence-corrected chi connectivity index (χ1v) is 9.34. The highest BCUT2D eigenvalue weighted by Gasteiger charge is 2.08. The van der Waals surface area contributed by atoms with Crippen LogP contribution in [0.15, 0.2) is 54.3 Å². The lowest BCUT2D eigenvalue weighted by atomic mass is 10.1. The first-order chi connectivity index (χ1) is 12.6. The zero-order valence-electron chi connectivity index (χ0n) is 14.8. The fourth-order valence-electron chi connectivity index (χ4n) is 2.30. The predicted molar refractivity (Wildman–Crippen MR) is 103 cm³/mol. The molecule has 0 aromatic carbocycles. The number of hydrogen-bond donors (Lipinski definition) is 1. The van der Waals surface area contributed by atoms with Gasteiger partial charge in [-0.25, -0.2) is 4.98 Å². The van der Waals surface area contributed by atoms with E-state index in [1.54, 1.807) is 29.7 Å². The number of amides is 1. The molecule has 1 N–H and O–H groups in total. The second-order valence-electron chi connectivity index (χ2n) is 6.33. The summed E-state index contributed by atoms with van der Waals surface area (Å²) in [6.07, 6.45) is 5.13. The molecule has 0 aliphatic heterocycles. The lowest BCUT2D eigenvalue weighted by Crippen LogP contribution is -2.23. The van der Waals surface area contributed by atoms with Gasteiger partial charge in [0.05, 0.1) is 12.2 Å². The normalized spacial score (nSPS) is 10.7. The Hall–Kier alpha value is -2.73. The maximum Gasteiger partial charge on any atom is 0.253 e. The average Bonchev–Trinajstić information content (AvgIpc) is 3.20. The molecule has 0 bridgehead atoms. The van der Waals surface area contributed by atoms with E-state index in [9.17, 15) is 4.79 Å². The fraction of sp³-hybridized carbons (Fsp3) is 0.250. The number of hydrogen-bond acceptors (Lipinski definition) is 5.